The van der Waals surface area contributed by atoms with E-state index in [0.717, 1.165) is 22.2 Å². The number of benzene rings is 3. The Bertz CT molecular complexity index is 1140. The van der Waals surface area contributed by atoms with Crippen molar-refractivity contribution in [2.45, 2.75) is 13.2 Å². The number of hydrogen-bond donors (Lipinski definition) is 0. The first-order chi connectivity index (χ1) is 15.0. The van der Waals surface area contributed by atoms with Crippen LogP contribution in [-0.4, -0.2) is 16.0 Å². The summed E-state index contributed by atoms with van der Waals surface area (Å²) in [4.78, 5) is 26.3. The number of carbonyl (C=O) groups excluding carboxylic acids is 2. The van der Waals surface area contributed by atoms with Gasteiger partial charge >= 0.3 is 0 Å². The predicted molar refractivity (Wildman–Crippen MR) is 115 cm³/mol. The number of ether oxygens (including phenoxy) is 1. The topological polar surface area (TPSA) is 46.6 Å². The van der Waals surface area contributed by atoms with Gasteiger partial charge in [0.2, 0.25) is 0 Å². The quantitative estimate of drug-likeness (QED) is 0.459. The number of nitrogens with zero attached hydrogens (tertiary/aromatic N) is 1. The highest BCUT2D eigenvalue weighted by molar-refractivity contribution is 8.18. The van der Waals surface area contributed by atoms with Crippen molar-refractivity contribution in [2.75, 3.05) is 0 Å². The standard InChI is InChI=1S/C24H17F2NO3S/c25-19-9-5-17(6-10-19)14-27-23(28)22(31-24(27)29)13-16-7-11-20(12-8-16)30-15-18-3-1-2-4-21(18)26/h1-13H,14-15H2/b22-13+. The summed E-state index contributed by atoms with van der Waals surface area (Å²) in [6, 6.07) is 19.0. The van der Waals surface area contributed by atoms with Crippen LogP contribution in [0.15, 0.2) is 77.7 Å². The van der Waals surface area contributed by atoms with Crippen molar-refractivity contribution in [3.05, 3.63) is 106 Å². The molecule has 0 aliphatic carbocycles. The van der Waals surface area contributed by atoms with Gasteiger partial charge in [0.1, 0.15) is 24.0 Å². The summed E-state index contributed by atoms with van der Waals surface area (Å²) in [7, 11) is 0. The average Bonchev–Trinajstić information content (AvgIpc) is 3.03. The summed E-state index contributed by atoms with van der Waals surface area (Å²) >= 11 is 0.864. The van der Waals surface area contributed by atoms with Gasteiger partial charge in [-0.2, -0.15) is 0 Å². The molecule has 156 valence electrons. The van der Waals surface area contributed by atoms with Gasteiger partial charge in [0.05, 0.1) is 11.4 Å². The van der Waals surface area contributed by atoms with E-state index in [1.807, 2.05) is 0 Å². The molecular formula is C24H17F2NO3S. The highest BCUT2D eigenvalue weighted by Crippen LogP contribution is 2.33. The predicted octanol–water partition coefficient (Wildman–Crippen LogP) is 5.78. The Balaban J connectivity index is 1.41. The number of amides is 2. The molecule has 1 heterocycles. The third-order valence-corrected chi connectivity index (χ3v) is 5.56. The fourth-order valence-corrected chi connectivity index (χ4v) is 3.84. The van der Waals surface area contributed by atoms with E-state index in [2.05, 4.69) is 0 Å². The van der Waals surface area contributed by atoms with Crippen LogP contribution in [0.5, 0.6) is 5.75 Å². The number of halogens is 2. The van der Waals surface area contributed by atoms with Crippen LogP contribution in [0.3, 0.4) is 0 Å². The van der Waals surface area contributed by atoms with Crippen molar-refractivity contribution in [1.29, 1.82) is 0 Å². The maximum atomic E-state index is 13.7. The third-order valence-electron chi connectivity index (χ3n) is 4.66. The van der Waals surface area contributed by atoms with Crippen LogP contribution in [-0.2, 0) is 17.9 Å². The number of thioether (sulfide) groups is 1. The maximum absolute atomic E-state index is 13.7. The molecule has 3 aromatic rings. The summed E-state index contributed by atoms with van der Waals surface area (Å²) in [5, 5.41) is -0.370. The van der Waals surface area contributed by atoms with Crippen LogP contribution in [0.4, 0.5) is 13.6 Å². The number of imide groups is 1. The number of rotatable bonds is 6. The molecule has 31 heavy (non-hydrogen) atoms. The molecular weight excluding hydrogens is 420 g/mol. The SMILES string of the molecule is O=C1S/C(=C/c2ccc(OCc3ccccc3F)cc2)C(=O)N1Cc1ccc(F)cc1. The molecule has 0 aromatic heterocycles. The fraction of sp³-hybridized carbons (Fsp3) is 0.0833. The molecule has 1 aliphatic rings. The molecule has 3 aromatic carbocycles. The summed E-state index contributed by atoms with van der Waals surface area (Å²) in [5.41, 5.74) is 1.85. The molecule has 2 amide bonds. The first kappa shape index (κ1) is 20.8. The minimum Gasteiger partial charge on any atom is -0.489 e. The average molecular weight is 437 g/mol. The van der Waals surface area contributed by atoms with E-state index < -0.39 is 0 Å². The lowest BCUT2D eigenvalue weighted by Crippen LogP contribution is -2.27. The highest BCUT2D eigenvalue weighted by Gasteiger charge is 2.34. The molecule has 0 saturated carbocycles. The Labute approximate surface area is 182 Å². The maximum Gasteiger partial charge on any atom is 0.293 e. The zero-order valence-electron chi connectivity index (χ0n) is 16.3. The monoisotopic (exact) mass is 437 g/mol. The van der Waals surface area contributed by atoms with Crippen molar-refractivity contribution >= 4 is 29.0 Å². The van der Waals surface area contributed by atoms with Crippen molar-refractivity contribution in [1.82, 2.24) is 4.90 Å². The Morgan fingerprint density at radius 2 is 1.61 bits per heavy atom. The molecule has 1 aliphatic heterocycles. The van der Waals surface area contributed by atoms with Crippen LogP contribution in [0.1, 0.15) is 16.7 Å². The second kappa shape index (κ2) is 9.14. The van der Waals surface area contributed by atoms with E-state index in [-0.39, 0.29) is 35.9 Å². The van der Waals surface area contributed by atoms with E-state index in [1.165, 1.54) is 18.2 Å². The smallest absolute Gasteiger partial charge is 0.293 e. The van der Waals surface area contributed by atoms with E-state index in [0.29, 0.717) is 21.8 Å². The molecule has 7 heteroatoms. The first-order valence-electron chi connectivity index (χ1n) is 9.46. The minimum absolute atomic E-state index is 0.0884. The normalized spacial score (nSPS) is 15.0. The molecule has 1 saturated heterocycles. The third kappa shape index (κ3) is 5.00. The van der Waals surface area contributed by atoms with Gasteiger partial charge in [-0.05, 0) is 59.3 Å². The van der Waals surface area contributed by atoms with Crippen molar-refractivity contribution < 1.29 is 23.1 Å². The van der Waals surface area contributed by atoms with Gasteiger partial charge < -0.3 is 4.74 Å². The molecule has 4 rings (SSSR count). The molecule has 0 N–H and O–H groups in total. The number of carbonyl (C=O) groups is 2. The molecule has 0 radical (unpaired) electrons. The zero-order chi connectivity index (χ0) is 21.8. The minimum atomic E-state index is -0.390. The Morgan fingerprint density at radius 3 is 2.32 bits per heavy atom. The highest BCUT2D eigenvalue weighted by atomic mass is 32.2. The van der Waals surface area contributed by atoms with Crippen molar-refractivity contribution in [2.24, 2.45) is 0 Å². The van der Waals surface area contributed by atoms with Crippen LogP contribution in [0.25, 0.3) is 6.08 Å². The summed E-state index contributed by atoms with van der Waals surface area (Å²) < 4.78 is 32.3. The van der Waals surface area contributed by atoms with Crippen molar-refractivity contribution in [3.63, 3.8) is 0 Å². The second-order valence-corrected chi connectivity index (χ2v) is 7.84. The van der Waals surface area contributed by atoms with E-state index >= 15 is 0 Å². The zero-order valence-corrected chi connectivity index (χ0v) is 17.1. The lowest BCUT2D eigenvalue weighted by Gasteiger charge is -2.12. The van der Waals surface area contributed by atoms with Gasteiger partial charge in [-0.3, -0.25) is 14.5 Å². The van der Waals surface area contributed by atoms with Crippen molar-refractivity contribution in [3.8, 4) is 5.75 Å². The Morgan fingerprint density at radius 1 is 0.903 bits per heavy atom. The van der Waals surface area contributed by atoms with Crippen LogP contribution in [0.2, 0.25) is 0 Å². The first-order valence-corrected chi connectivity index (χ1v) is 10.3. The van der Waals surface area contributed by atoms with Crippen LogP contribution >= 0.6 is 11.8 Å². The van der Waals surface area contributed by atoms with E-state index in [9.17, 15) is 18.4 Å². The molecule has 1 fully saturated rings. The van der Waals surface area contributed by atoms with E-state index in [4.69, 9.17) is 4.74 Å². The van der Waals surface area contributed by atoms with Gasteiger partial charge in [0.25, 0.3) is 11.1 Å². The summed E-state index contributed by atoms with van der Waals surface area (Å²) in [6.45, 7) is 0.194. The molecule has 0 bridgehead atoms. The molecule has 0 atom stereocenters. The van der Waals surface area contributed by atoms with Crippen LogP contribution < -0.4 is 4.74 Å². The van der Waals surface area contributed by atoms with Gasteiger partial charge in [-0.25, -0.2) is 8.78 Å². The van der Waals surface area contributed by atoms with E-state index in [1.54, 1.807) is 60.7 Å². The van der Waals surface area contributed by atoms with Gasteiger partial charge in [0.15, 0.2) is 0 Å². The molecule has 4 nitrogen and oxygen atoms in total. The number of hydrogen-bond acceptors (Lipinski definition) is 4. The Hall–Kier alpha value is -3.45. The molecule has 0 unspecified atom stereocenters. The van der Waals surface area contributed by atoms with Gasteiger partial charge in [-0.15, -0.1) is 0 Å². The van der Waals surface area contributed by atoms with Gasteiger partial charge in [-0.1, -0.05) is 42.5 Å². The largest absolute Gasteiger partial charge is 0.489 e. The summed E-state index contributed by atoms with van der Waals surface area (Å²) in [5.74, 6) is -0.529. The van der Waals surface area contributed by atoms with Gasteiger partial charge in [0, 0.05) is 5.56 Å². The Kier molecular flexibility index (Phi) is 6.13. The second-order valence-electron chi connectivity index (χ2n) is 6.84. The van der Waals surface area contributed by atoms with Crippen LogP contribution in [0, 0.1) is 11.6 Å². The lowest BCUT2D eigenvalue weighted by molar-refractivity contribution is -0.123. The molecule has 0 spiro atoms. The lowest BCUT2D eigenvalue weighted by atomic mass is 10.2. The fourth-order valence-electron chi connectivity index (χ4n) is 3.00. The summed E-state index contributed by atoms with van der Waals surface area (Å²) in [6.07, 6.45) is 1.64.